The molecule has 0 saturated carbocycles. The zero-order valence-electron chi connectivity index (χ0n) is 15.5. The summed E-state index contributed by atoms with van der Waals surface area (Å²) in [5.74, 6) is 0.827. The number of amides is 1. The number of hydrogen-bond donors (Lipinski definition) is 0. The van der Waals surface area contributed by atoms with E-state index in [9.17, 15) is 9.59 Å². The van der Waals surface area contributed by atoms with Crippen LogP contribution in [0.25, 0.3) is 0 Å². The summed E-state index contributed by atoms with van der Waals surface area (Å²) in [5.41, 5.74) is 1.25. The monoisotopic (exact) mass is 359 g/mol. The van der Waals surface area contributed by atoms with Crippen molar-refractivity contribution >= 4 is 11.6 Å². The zero-order chi connectivity index (χ0) is 18.7. The minimum absolute atomic E-state index is 0.0928. The van der Waals surface area contributed by atoms with Crippen LogP contribution < -0.4 is 10.5 Å². The van der Waals surface area contributed by atoms with Gasteiger partial charge in [0.1, 0.15) is 18.0 Å². The highest BCUT2D eigenvalue weighted by atomic mass is 16.5. The van der Waals surface area contributed by atoms with Crippen molar-refractivity contribution in [2.75, 3.05) is 25.0 Å². The van der Waals surface area contributed by atoms with Crippen molar-refractivity contribution in [1.29, 1.82) is 0 Å². The molecule has 0 atom stereocenters. The highest BCUT2D eigenvalue weighted by Gasteiger charge is 2.17. The van der Waals surface area contributed by atoms with Crippen LogP contribution in [0.4, 0.5) is 5.69 Å². The largest absolute Gasteiger partial charge is 0.370 e. The Labute approximate surface area is 152 Å². The van der Waals surface area contributed by atoms with Crippen LogP contribution >= 0.6 is 0 Å². The normalized spacial score (nSPS) is 14.2. The van der Waals surface area contributed by atoms with Crippen LogP contribution in [0.15, 0.2) is 27.6 Å². The molecule has 0 bridgehead atoms. The van der Waals surface area contributed by atoms with E-state index in [-0.39, 0.29) is 23.9 Å². The van der Waals surface area contributed by atoms with Gasteiger partial charge in [0, 0.05) is 38.2 Å². The number of anilines is 1. The lowest BCUT2D eigenvalue weighted by molar-refractivity contribution is -0.131. The molecule has 8 nitrogen and oxygen atoms in total. The first-order valence-electron chi connectivity index (χ1n) is 8.95. The van der Waals surface area contributed by atoms with Gasteiger partial charge < -0.3 is 14.3 Å². The molecule has 0 radical (unpaired) electrons. The molecule has 0 spiro atoms. The minimum Gasteiger partial charge on any atom is -0.370 e. The van der Waals surface area contributed by atoms with Gasteiger partial charge in [-0.2, -0.15) is 5.10 Å². The molecule has 2 aromatic heterocycles. The zero-order valence-corrected chi connectivity index (χ0v) is 15.5. The molecule has 1 aliphatic rings. The van der Waals surface area contributed by atoms with Gasteiger partial charge in [-0.3, -0.25) is 9.59 Å². The van der Waals surface area contributed by atoms with Crippen LogP contribution in [0, 0.1) is 0 Å². The Balaban J connectivity index is 1.62. The number of carbonyl (C=O) groups excluding carboxylic acids is 1. The third-order valence-corrected chi connectivity index (χ3v) is 4.58. The van der Waals surface area contributed by atoms with Crippen molar-refractivity contribution in [3.8, 4) is 0 Å². The van der Waals surface area contributed by atoms with E-state index in [1.807, 2.05) is 19.9 Å². The van der Waals surface area contributed by atoms with Gasteiger partial charge in [0.15, 0.2) is 0 Å². The lowest BCUT2D eigenvalue weighted by Gasteiger charge is -2.18. The molecular formula is C18H25N5O3. The van der Waals surface area contributed by atoms with E-state index in [0.29, 0.717) is 12.2 Å². The first-order valence-corrected chi connectivity index (χ1v) is 8.95. The fourth-order valence-corrected chi connectivity index (χ4v) is 2.95. The number of hydrogen-bond acceptors (Lipinski definition) is 6. The molecule has 140 valence electrons. The molecule has 2 aromatic rings. The Morgan fingerprint density at radius 2 is 2.04 bits per heavy atom. The highest BCUT2D eigenvalue weighted by Crippen LogP contribution is 2.17. The molecule has 1 aliphatic heterocycles. The molecule has 1 amide bonds. The minimum atomic E-state index is -0.264. The lowest BCUT2D eigenvalue weighted by atomic mass is 10.1. The standard InChI is InChI=1S/C18H25N5O3/c1-13(2)16-8-14(20-26-16)11-21(3)18(25)12-23-17(24)9-15(10-19-23)22-6-4-5-7-22/h8-10,13H,4-7,11-12H2,1-3H3. The van der Waals surface area contributed by atoms with Gasteiger partial charge in [-0.15, -0.1) is 0 Å². The first kappa shape index (κ1) is 18.2. The van der Waals surface area contributed by atoms with E-state index < -0.39 is 0 Å². The van der Waals surface area contributed by atoms with Crippen molar-refractivity contribution in [2.24, 2.45) is 0 Å². The second-order valence-corrected chi connectivity index (χ2v) is 7.03. The Hall–Kier alpha value is -2.64. The van der Waals surface area contributed by atoms with Gasteiger partial charge in [-0.1, -0.05) is 19.0 Å². The van der Waals surface area contributed by atoms with Crippen molar-refractivity contribution in [3.63, 3.8) is 0 Å². The highest BCUT2D eigenvalue weighted by molar-refractivity contribution is 5.75. The van der Waals surface area contributed by atoms with Gasteiger partial charge in [0.05, 0.1) is 18.4 Å². The van der Waals surface area contributed by atoms with Gasteiger partial charge in [-0.25, -0.2) is 4.68 Å². The van der Waals surface area contributed by atoms with Gasteiger partial charge in [0.25, 0.3) is 5.56 Å². The molecule has 1 fully saturated rings. The molecule has 3 rings (SSSR count). The molecule has 0 N–H and O–H groups in total. The quantitative estimate of drug-likeness (QED) is 0.779. The number of nitrogens with zero attached hydrogens (tertiary/aromatic N) is 5. The molecule has 26 heavy (non-hydrogen) atoms. The fourth-order valence-electron chi connectivity index (χ4n) is 2.95. The number of aromatic nitrogens is 3. The summed E-state index contributed by atoms with van der Waals surface area (Å²) in [6, 6.07) is 3.40. The molecule has 3 heterocycles. The fraction of sp³-hybridized carbons (Fsp3) is 0.556. The second-order valence-electron chi connectivity index (χ2n) is 7.03. The average Bonchev–Trinajstić information content (AvgIpc) is 3.28. The van der Waals surface area contributed by atoms with E-state index in [4.69, 9.17) is 4.52 Å². The van der Waals surface area contributed by atoms with Crippen LogP contribution in [-0.4, -0.2) is 45.9 Å². The van der Waals surface area contributed by atoms with Crippen molar-refractivity contribution in [2.45, 2.75) is 45.7 Å². The summed E-state index contributed by atoms with van der Waals surface area (Å²) < 4.78 is 6.44. The van der Waals surface area contributed by atoms with E-state index >= 15 is 0 Å². The smallest absolute Gasteiger partial charge is 0.269 e. The van der Waals surface area contributed by atoms with Crippen LogP contribution in [0.3, 0.4) is 0 Å². The molecule has 8 heteroatoms. The average molecular weight is 359 g/mol. The maximum Gasteiger partial charge on any atom is 0.269 e. The Morgan fingerprint density at radius 3 is 2.65 bits per heavy atom. The van der Waals surface area contributed by atoms with E-state index in [1.165, 1.54) is 9.58 Å². The Morgan fingerprint density at radius 1 is 1.31 bits per heavy atom. The van der Waals surface area contributed by atoms with Crippen molar-refractivity contribution < 1.29 is 9.32 Å². The maximum atomic E-state index is 12.4. The van der Waals surface area contributed by atoms with E-state index in [2.05, 4.69) is 15.2 Å². The molecule has 0 aliphatic carbocycles. The van der Waals surface area contributed by atoms with Crippen molar-refractivity contribution in [3.05, 3.63) is 40.1 Å². The lowest BCUT2D eigenvalue weighted by Crippen LogP contribution is -2.35. The predicted molar refractivity (Wildman–Crippen MR) is 97.0 cm³/mol. The van der Waals surface area contributed by atoms with Gasteiger partial charge >= 0.3 is 0 Å². The summed E-state index contributed by atoms with van der Waals surface area (Å²) in [4.78, 5) is 28.3. The summed E-state index contributed by atoms with van der Waals surface area (Å²) in [6.07, 6.45) is 3.92. The SMILES string of the molecule is CC(C)c1cc(CN(C)C(=O)Cn2ncc(N3CCCC3)cc2=O)no1. The molecular weight excluding hydrogens is 334 g/mol. The van der Waals surface area contributed by atoms with Crippen molar-refractivity contribution in [1.82, 2.24) is 19.8 Å². The molecule has 1 saturated heterocycles. The van der Waals surface area contributed by atoms with Crippen LogP contribution in [0.5, 0.6) is 0 Å². The van der Waals surface area contributed by atoms with Gasteiger partial charge in [0.2, 0.25) is 5.91 Å². The number of likely N-dealkylation sites (N-methyl/N-ethyl adjacent to an activating group) is 1. The Bertz CT molecular complexity index is 820. The van der Waals surface area contributed by atoms with Gasteiger partial charge in [-0.05, 0) is 12.8 Å². The van der Waals surface area contributed by atoms with Crippen LogP contribution in [0.2, 0.25) is 0 Å². The number of rotatable bonds is 6. The van der Waals surface area contributed by atoms with E-state index in [0.717, 1.165) is 37.4 Å². The Kier molecular flexibility index (Phi) is 5.39. The number of carbonyl (C=O) groups is 1. The predicted octanol–water partition coefficient (Wildman–Crippen LogP) is 1.61. The van der Waals surface area contributed by atoms with E-state index in [1.54, 1.807) is 19.3 Å². The third kappa shape index (κ3) is 4.12. The molecule has 0 unspecified atom stereocenters. The summed E-state index contributed by atoms with van der Waals surface area (Å²) in [7, 11) is 1.68. The van der Waals surface area contributed by atoms with Crippen LogP contribution in [0.1, 0.15) is 44.1 Å². The first-order chi connectivity index (χ1) is 12.4. The second kappa shape index (κ2) is 7.72. The maximum absolute atomic E-state index is 12.4. The third-order valence-electron chi connectivity index (χ3n) is 4.58. The van der Waals surface area contributed by atoms with Crippen LogP contribution in [-0.2, 0) is 17.9 Å². The summed E-state index contributed by atoms with van der Waals surface area (Å²) in [6.45, 7) is 6.16. The summed E-state index contributed by atoms with van der Waals surface area (Å²) >= 11 is 0. The molecule has 0 aromatic carbocycles. The topological polar surface area (TPSA) is 84.5 Å². The summed E-state index contributed by atoms with van der Waals surface area (Å²) in [5, 5.41) is 8.14.